The molecule has 0 aliphatic rings. The average molecular weight is 568 g/mol. The molecule has 1 aromatic carbocycles. The lowest BCUT2D eigenvalue weighted by atomic mass is 10.1. The molecule has 2 aromatic rings. The summed E-state index contributed by atoms with van der Waals surface area (Å²) in [6.45, 7) is 5.23. The number of carbonyl (C=O) groups excluding carboxylic acids is 3. The molecule has 6 nitrogen and oxygen atoms in total. The minimum atomic E-state index is -0.341. The Morgan fingerprint density at radius 2 is 0.951 bits per heavy atom. The van der Waals surface area contributed by atoms with Gasteiger partial charge in [0.2, 0.25) is 0 Å². The summed E-state index contributed by atoms with van der Waals surface area (Å²) >= 11 is 0. The molecular weight excluding hydrogens is 514 g/mol. The molecule has 0 amide bonds. The maximum absolute atomic E-state index is 13.0. The summed E-state index contributed by atoms with van der Waals surface area (Å²) < 4.78 is 12.4. The summed E-state index contributed by atoms with van der Waals surface area (Å²) in [5.41, 5.74) is 1.79. The van der Waals surface area contributed by atoms with Crippen LogP contribution in [0, 0.1) is 0 Å². The molecule has 0 saturated carbocycles. The van der Waals surface area contributed by atoms with Crippen LogP contribution in [0.4, 0.5) is 0 Å². The first kappa shape index (κ1) is 34.3. The quantitative estimate of drug-likeness (QED) is 0.0992. The van der Waals surface area contributed by atoms with Crippen LogP contribution in [0.25, 0.3) is 0 Å². The van der Waals surface area contributed by atoms with E-state index in [-0.39, 0.29) is 30.7 Å². The third-order valence-corrected chi connectivity index (χ3v) is 7.45. The first-order valence-electron chi connectivity index (χ1n) is 16.2. The van der Waals surface area contributed by atoms with E-state index < -0.39 is 0 Å². The van der Waals surface area contributed by atoms with Gasteiger partial charge in [-0.2, -0.15) is 0 Å². The Kier molecular flexibility index (Phi) is 18.2. The molecule has 1 heterocycles. The molecule has 0 fully saturated rings. The second kappa shape index (κ2) is 21.8. The number of hydrogen-bond donors (Lipinski definition) is 0. The van der Waals surface area contributed by atoms with Gasteiger partial charge in [-0.3, -0.25) is 19.0 Å². The molecule has 0 saturated heterocycles. The minimum absolute atomic E-state index is 0.0206. The van der Waals surface area contributed by atoms with E-state index in [4.69, 9.17) is 9.47 Å². The number of esters is 2. The van der Waals surface area contributed by atoms with Crippen LogP contribution in [-0.2, 0) is 31.9 Å². The summed E-state index contributed by atoms with van der Waals surface area (Å²) in [6, 6.07) is 8.97. The van der Waals surface area contributed by atoms with Gasteiger partial charge in [0, 0.05) is 18.0 Å². The smallest absolute Gasteiger partial charge is 0.310 e. The Labute approximate surface area is 248 Å². The molecule has 0 radical (unpaired) electrons. The van der Waals surface area contributed by atoms with E-state index in [1.54, 1.807) is 24.5 Å². The molecule has 0 N–H and O–H groups in total. The number of nitrogens with zero attached hydrogens (tertiary/aromatic N) is 1. The number of aromatic nitrogens is 1. The van der Waals surface area contributed by atoms with Gasteiger partial charge < -0.3 is 9.47 Å². The van der Waals surface area contributed by atoms with Crippen molar-refractivity contribution in [1.29, 1.82) is 0 Å². The van der Waals surface area contributed by atoms with E-state index in [1.807, 2.05) is 18.2 Å². The third-order valence-electron chi connectivity index (χ3n) is 7.45. The van der Waals surface area contributed by atoms with Crippen LogP contribution < -0.4 is 0 Å². The molecule has 0 atom stereocenters. The van der Waals surface area contributed by atoms with Crippen molar-refractivity contribution in [2.24, 2.45) is 0 Å². The van der Waals surface area contributed by atoms with Crippen LogP contribution in [0.15, 0.2) is 42.7 Å². The SMILES string of the molecule is CCCCCCCCCCOC(=O)Cc1cn(C(=O)c2ccccc2)cc1CC(=O)OCCCCCCCCCC. The van der Waals surface area contributed by atoms with Crippen LogP contribution in [0.1, 0.15) is 138 Å². The number of carbonyl (C=O) groups is 3. The molecule has 41 heavy (non-hydrogen) atoms. The zero-order valence-corrected chi connectivity index (χ0v) is 25.7. The minimum Gasteiger partial charge on any atom is -0.465 e. The molecule has 228 valence electrons. The van der Waals surface area contributed by atoms with Crippen molar-refractivity contribution in [2.75, 3.05) is 13.2 Å². The van der Waals surface area contributed by atoms with E-state index in [0.29, 0.717) is 29.9 Å². The Balaban J connectivity index is 1.84. The lowest BCUT2D eigenvalue weighted by Crippen LogP contribution is -2.13. The van der Waals surface area contributed by atoms with Crippen LogP contribution in [-0.4, -0.2) is 35.6 Å². The fraction of sp³-hybridized carbons (Fsp3) is 0.629. The molecule has 0 aliphatic heterocycles. The van der Waals surface area contributed by atoms with E-state index in [1.165, 1.54) is 68.8 Å². The van der Waals surface area contributed by atoms with Crippen molar-refractivity contribution < 1.29 is 23.9 Å². The molecular formula is C35H53NO5. The molecule has 0 spiro atoms. The van der Waals surface area contributed by atoms with Crippen molar-refractivity contribution in [3.63, 3.8) is 0 Å². The van der Waals surface area contributed by atoms with Crippen molar-refractivity contribution in [3.8, 4) is 0 Å². The number of benzene rings is 1. The van der Waals surface area contributed by atoms with E-state index in [0.717, 1.165) is 38.5 Å². The van der Waals surface area contributed by atoms with Gasteiger partial charge in [-0.25, -0.2) is 0 Å². The lowest BCUT2D eigenvalue weighted by molar-refractivity contribution is -0.144. The van der Waals surface area contributed by atoms with Gasteiger partial charge in [-0.1, -0.05) is 122 Å². The Bertz CT molecular complexity index is 944. The summed E-state index contributed by atoms with van der Waals surface area (Å²) in [7, 11) is 0. The summed E-state index contributed by atoms with van der Waals surface area (Å²) in [4.78, 5) is 38.3. The second-order valence-electron chi connectivity index (χ2n) is 11.1. The number of ether oxygens (including phenoxy) is 2. The van der Waals surface area contributed by atoms with Gasteiger partial charge in [-0.15, -0.1) is 0 Å². The fourth-order valence-electron chi connectivity index (χ4n) is 4.96. The standard InChI is InChI=1S/C35H53NO5/c1-3-5-7-9-11-13-15-20-24-40-33(37)26-31-28-36(35(39)30-22-18-17-19-23-30)29-32(31)27-34(38)41-25-21-16-14-12-10-8-6-4-2/h17-19,22-23,28-29H,3-16,20-21,24-27H2,1-2H3. The fourth-order valence-corrected chi connectivity index (χ4v) is 4.96. The highest BCUT2D eigenvalue weighted by Gasteiger charge is 2.19. The predicted molar refractivity (Wildman–Crippen MR) is 165 cm³/mol. The molecule has 0 unspecified atom stereocenters. The summed E-state index contributed by atoms with van der Waals surface area (Å²) in [5.74, 6) is -0.893. The van der Waals surface area contributed by atoms with Gasteiger partial charge in [0.25, 0.3) is 5.91 Å². The van der Waals surface area contributed by atoms with Crippen LogP contribution in [0.5, 0.6) is 0 Å². The van der Waals surface area contributed by atoms with Crippen molar-refractivity contribution in [2.45, 2.75) is 129 Å². The van der Waals surface area contributed by atoms with Crippen molar-refractivity contribution in [3.05, 3.63) is 59.4 Å². The first-order chi connectivity index (χ1) is 20.0. The third kappa shape index (κ3) is 15.1. The Morgan fingerprint density at radius 1 is 0.561 bits per heavy atom. The topological polar surface area (TPSA) is 74.6 Å². The van der Waals surface area contributed by atoms with E-state index >= 15 is 0 Å². The normalized spacial score (nSPS) is 11.0. The monoisotopic (exact) mass is 567 g/mol. The van der Waals surface area contributed by atoms with Gasteiger partial charge in [0.05, 0.1) is 26.1 Å². The first-order valence-corrected chi connectivity index (χ1v) is 16.2. The maximum Gasteiger partial charge on any atom is 0.310 e. The van der Waals surface area contributed by atoms with Gasteiger partial charge in [0.15, 0.2) is 0 Å². The van der Waals surface area contributed by atoms with Gasteiger partial charge in [-0.05, 0) is 36.1 Å². The Hall–Kier alpha value is -2.89. The summed E-state index contributed by atoms with van der Waals surface area (Å²) in [5, 5.41) is 0. The number of hydrogen-bond acceptors (Lipinski definition) is 5. The highest BCUT2D eigenvalue weighted by molar-refractivity contribution is 5.96. The molecule has 1 aromatic heterocycles. The molecule has 0 bridgehead atoms. The van der Waals surface area contributed by atoms with Crippen LogP contribution >= 0.6 is 0 Å². The lowest BCUT2D eigenvalue weighted by Gasteiger charge is -2.07. The zero-order valence-electron chi connectivity index (χ0n) is 25.7. The predicted octanol–water partition coefficient (Wildman–Crippen LogP) is 8.63. The molecule has 2 rings (SSSR count). The van der Waals surface area contributed by atoms with Crippen molar-refractivity contribution >= 4 is 17.8 Å². The summed E-state index contributed by atoms with van der Waals surface area (Å²) in [6.07, 6.45) is 22.2. The van der Waals surface area contributed by atoms with Crippen LogP contribution in [0.3, 0.4) is 0 Å². The molecule has 0 aliphatic carbocycles. The highest BCUT2D eigenvalue weighted by atomic mass is 16.5. The highest BCUT2D eigenvalue weighted by Crippen LogP contribution is 2.17. The van der Waals surface area contributed by atoms with E-state index in [2.05, 4.69) is 13.8 Å². The number of unbranched alkanes of at least 4 members (excludes halogenated alkanes) is 14. The Morgan fingerprint density at radius 3 is 1.37 bits per heavy atom. The average Bonchev–Trinajstić information content (AvgIpc) is 3.36. The van der Waals surface area contributed by atoms with Crippen molar-refractivity contribution in [1.82, 2.24) is 4.57 Å². The second-order valence-corrected chi connectivity index (χ2v) is 11.1. The van der Waals surface area contributed by atoms with Gasteiger partial charge in [0.1, 0.15) is 0 Å². The molecule has 6 heteroatoms. The van der Waals surface area contributed by atoms with Crippen LogP contribution in [0.2, 0.25) is 0 Å². The van der Waals surface area contributed by atoms with E-state index in [9.17, 15) is 14.4 Å². The largest absolute Gasteiger partial charge is 0.465 e. The van der Waals surface area contributed by atoms with Gasteiger partial charge >= 0.3 is 11.9 Å². The zero-order chi connectivity index (χ0) is 29.5. The maximum atomic E-state index is 13.0. The number of rotatable bonds is 23.